The fraction of sp³-hybridized carbons (Fsp3) is 0.0417. The van der Waals surface area contributed by atoms with Gasteiger partial charge in [0.05, 0.1) is 0 Å². The summed E-state index contributed by atoms with van der Waals surface area (Å²) < 4.78 is 6.28. The van der Waals surface area contributed by atoms with Crippen LogP contribution in [0.2, 0.25) is 0 Å². The predicted molar refractivity (Wildman–Crippen MR) is 104 cm³/mol. The van der Waals surface area contributed by atoms with E-state index < -0.39 is 0 Å². The highest BCUT2D eigenvalue weighted by Crippen LogP contribution is 2.43. The van der Waals surface area contributed by atoms with E-state index in [4.69, 9.17) is 4.74 Å². The van der Waals surface area contributed by atoms with E-state index in [0.717, 1.165) is 29.0 Å². The predicted octanol–water partition coefficient (Wildman–Crippen LogP) is 6.11. The molecule has 0 saturated heterocycles. The molecule has 0 fully saturated rings. The number of hydrogen-bond donors (Lipinski definition) is 0. The quantitative estimate of drug-likeness (QED) is 0.388. The second kappa shape index (κ2) is 6.16. The molecule has 1 aliphatic rings. The Morgan fingerprint density at radius 3 is 2.35 bits per heavy atom. The summed E-state index contributed by atoms with van der Waals surface area (Å²) in [5.41, 5.74) is 7.08. The van der Waals surface area contributed by atoms with Crippen molar-refractivity contribution >= 4 is 0 Å². The monoisotopic (exact) mass is 335 g/mol. The lowest BCUT2D eigenvalue weighted by molar-refractivity contribution is 0.460. The largest absolute Gasteiger partial charge is 0.457 e. The van der Waals surface area contributed by atoms with E-state index in [1.807, 2.05) is 36.7 Å². The van der Waals surface area contributed by atoms with Crippen LogP contribution in [0.25, 0.3) is 22.3 Å². The highest BCUT2D eigenvalue weighted by molar-refractivity contribution is 5.79. The molecule has 4 aromatic rings. The molecule has 0 bridgehead atoms. The van der Waals surface area contributed by atoms with Crippen molar-refractivity contribution < 1.29 is 4.74 Å². The van der Waals surface area contributed by atoms with E-state index in [9.17, 15) is 0 Å². The van der Waals surface area contributed by atoms with Crippen LogP contribution in [0.15, 0.2) is 91.3 Å². The first-order valence-electron chi connectivity index (χ1n) is 8.77. The zero-order valence-corrected chi connectivity index (χ0v) is 14.2. The molecule has 0 aliphatic carbocycles. The van der Waals surface area contributed by atoms with Gasteiger partial charge in [-0.3, -0.25) is 4.98 Å². The minimum atomic E-state index is 0.866. The summed E-state index contributed by atoms with van der Waals surface area (Å²) in [7, 11) is 0. The van der Waals surface area contributed by atoms with Gasteiger partial charge in [0.1, 0.15) is 11.5 Å². The van der Waals surface area contributed by atoms with Crippen LogP contribution in [-0.2, 0) is 6.42 Å². The Hall–Kier alpha value is -3.39. The van der Waals surface area contributed by atoms with Gasteiger partial charge in [0.25, 0.3) is 0 Å². The van der Waals surface area contributed by atoms with Gasteiger partial charge >= 0.3 is 0 Å². The summed E-state index contributed by atoms with van der Waals surface area (Å²) in [6.07, 6.45) is 4.60. The van der Waals surface area contributed by atoms with E-state index in [2.05, 4.69) is 59.6 Å². The van der Waals surface area contributed by atoms with Gasteiger partial charge in [0, 0.05) is 29.9 Å². The highest BCUT2D eigenvalue weighted by Gasteiger charge is 2.21. The van der Waals surface area contributed by atoms with Gasteiger partial charge < -0.3 is 4.74 Å². The van der Waals surface area contributed by atoms with Gasteiger partial charge in [-0.05, 0) is 46.5 Å². The second-order valence-corrected chi connectivity index (χ2v) is 6.49. The second-order valence-electron chi connectivity index (χ2n) is 6.49. The lowest BCUT2D eigenvalue weighted by atomic mass is 9.89. The first-order chi connectivity index (χ1) is 12.9. The van der Waals surface area contributed by atoms with Crippen molar-refractivity contribution in [2.75, 3.05) is 0 Å². The Labute approximate surface area is 152 Å². The van der Waals surface area contributed by atoms with Crippen LogP contribution >= 0.6 is 0 Å². The number of hydrogen-bond acceptors (Lipinski definition) is 2. The average molecular weight is 335 g/mol. The van der Waals surface area contributed by atoms with Crippen molar-refractivity contribution in [1.82, 2.24) is 4.98 Å². The Kier molecular flexibility index (Phi) is 3.53. The van der Waals surface area contributed by atoms with Crippen molar-refractivity contribution in [1.29, 1.82) is 0 Å². The number of ether oxygens (including phenoxy) is 1. The zero-order chi connectivity index (χ0) is 17.3. The topological polar surface area (TPSA) is 22.1 Å². The molecular weight excluding hydrogens is 318 g/mol. The molecule has 2 nitrogen and oxygen atoms in total. The SMILES string of the molecule is c1ccc(-c2cc3c(c(-c4cccnc4)c2)Cc2ccccc2O3)cc1. The maximum Gasteiger partial charge on any atom is 0.132 e. The first kappa shape index (κ1) is 14.9. The number of rotatable bonds is 2. The molecule has 0 radical (unpaired) electrons. The zero-order valence-electron chi connectivity index (χ0n) is 14.2. The molecule has 0 atom stereocenters. The minimum absolute atomic E-state index is 0.866. The standard InChI is InChI=1S/C24H17NO/c1-2-7-17(8-3-1)20-14-21(19-10-6-12-25-16-19)22-13-18-9-4-5-11-23(18)26-24(22)15-20/h1-12,14-16H,13H2. The van der Waals surface area contributed by atoms with Crippen LogP contribution in [0.1, 0.15) is 11.1 Å². The molecule has 124 valence electrons. The molecule has 3 aromatic carbocycles. The molecule has 0 amide bonds. The third-order valence-corrected chi connectivity index (χ3v) is 4.85. The van der Waals surface area contributed by atoms with Crippen molar-refractivity contribution in [2.24, 2.45) is 0 Å². The first-order valence-corrected chi connectivity index (χ1v) is 8.77. The number of fused-ring (bicyclic) bond motifs is 2. The average Bonchev–Trinajstić information content (AvgIpc) is 2.73. The highest BCUT2D eigenvalue weighted by atomic mass is 16.5. The van der Waals surface area contributed by atoms with E-state index in [-0.39, 0.29) is 0 Å². The van der Waals surface area contributed by atoms with Crippen LogP contribution in [0.3, 0.4) is 0 Å². The van der Waals surface area contributed by atoms with Gasteiger partial charge in [0.15, 0.2) is 0 Å². The summed E-state index contributed by atoms with van der Waals surface area (Å²) in [5.74, 6) is 1.88. The van der Waals surface area contributed by atoms with Crippen LogP contribution in [0.4, 0.5) is 0 Å². The van der Waals surface area contributed by atoms with Gasteiger partial charge in [-0.25, -0.2) is 0 Å². The Morgan fingerprint density at radius 1 is 0.692 bits per heavy atom. The van der Waals surface area contributed by atoms with Crippen LogP contribution in [0, 0.1) is 0 Å². The molecule has 0 spiro atoms. The molecule has 0 unspecified atom stereocenters. The third kappa shape index (κ3) is 2.56. The summed E-state index contributed by atoms with van der Waals surface area (Å²) in [6, 6.07) is 27.2. The van der Waals surface area contributed by atoms with Gasteiger partial charge in [-0.15, -0.1) is 0 Å². The summed E-state index contributed by atoms with van der Waals surface area (Å²) in [6.45, 7) is 0. The van der Waals surface area contributed by atoms with E-state index in [1.54, 1.807) is 0 Å². The van der Waals surface area contributed by atoms with Crippen molar-refractivity contribution in [3.05, 3.63) is 102 Å². The third-order valence-electron chi connectivity index (χ3n) is 4.85. The van der Waals surface area contributed by atoms with Gasteiger partial charge in [-0.2, -0.15) is 0 Å². The van der Waals surface area contributed by atoms with Crippen LogP contribution < -0.4 is 4.74 Å². The lowest BCUT2D eigenvalue weighted by Crippen LogP contribution is -2.05. The molecule has 1 aliphatic heterocycles. The van der Waals surface area contributed by atoms with Crippen molar-refractivity contribution in [3.8, 4) is 33.8 Å². The van der Waals surface area contributed by atoms with E-state index >= 15 is 0 Å². The van der Waals surface area contributed by atoms with E-state index in [1.165, 1.54) is 22.3 Å². The van der Waals surface area contributed by atoms with Gasteiger partial charge in [-0.1, -0.05) is 54.6 Å². The smallest absolute Gasteiger partial charge is 0.132 e. The molecule has 2 heterocycles. The van der Waals surface area contributed by atoms with Crippen molar-refractivity contribution in [2.45, 2.75) is 6.42 Å². The lowest BCUT2D eigenvalue weighted by Gasteiger charge is -2.24. The fourth-order valence-corrected chi connectivity index (χ4v) is 3.55. The fourth-order valence-electron chi connectivity index (χ4n) is 3.55. The van der Waals surface area contributed by atoms with Crippen molar-refractivity contribution in [3.63, 3.8) is 0 Å². The number of pyridine rings is 1. The number of para-hydroxylation sites is 1. The van der Waals surface area contributed by atoms with Crippen LogP contribution in [0.5, 0.6) is 11.5 Å². The molecule has 0 saturated carbocycles. The Bertz CT molecular complexity index is 1070. The maximum absolute atomic E-state index is 6.28. The molecule has 5 rings (SSSR count). The minimum Gasteiger partial charge on any atom is -0.457 e. The number of benzene rings is 3. The maximum atomic E-state index is 6.28. The molecule has 0 N–H and O–H groups in total. The number of nitrogens with zero attached hydrogens (tertiary/aromatic N) is 1. The summed E-state index contributed by atoms with van der Waals surface area (Å²) >= 11 is 0. The molecular formula is C24H17NO. The summed E-state index contributed by atoms with van der Waals surface area (Å²) in [5, 5.41) is 0. The summed E-state index contributed by atoms with van der Waals surface area (Å²) in [4.78, 5) is 4.32. The van der Waals surface area contributed by atoms with E-state index in [0.29, 0.717) is 0 Å². The van der Waals surface area contributed by atoms with Gasteiger partial charge in [0.2, 0.25) is 0 Å². The Morgan fingerprint density at radius 2 is 1.50 bits per heavy atom. The molecule has 1 aromatic heterocycles. The number of aromatic nitrogens is 1. The molecule has 2 heteroatoms. The normalized spacial score (nSPS) is 12.0. The molecule has 26 heavy (non-hydrogen) atoms. The van der Waals surface area contributed by atoms with Crippen LogP contribution in [-0.4, -0.2) is 4.98 Å². The Balaban J connectivity index is 1.73.